The maximum atomic E-state index is 12.2. The topological polar surface area (TPSA) is 44.4 Å². The number of carbonyl (C=O) groups is 1. The van der Waals surface area contributed by atoms with Crippen molar-refractivity contribution in [2.45, 2.75) is 50.6 Å². The summed E-state index contributed by atoms with van der Waals surface area (Å²) in [4.78, 5) is 14.5. The summed E-state index contributed by atoms with van der Waals surface area (Å²) >= 11 is 0. The molecule has 1 aliphatic heterocycles. The van der Waals surface area contributed by atoms with Crippen LogP contribution in [0.25, 0.3) is 0 Å². The average molecular weight is 239 g/mol. The van der Waals surface area contributed by atoms with Crippen LogP contribution >= 0.6 is 0 Å². The van der Waals surface area contributed by atoms with E-state index in [0.29, 0.717) is 0 Å². The second-order valence-corrected chi connectivity index (χ2v) is 5.43. The molecule has 4 heteroatoms. The molecule has 1 saturated heterocycles. The summed E-state index contributed by atoms with van der Waals surface area (Å²) in [5, 5.41) is 6.45. The lowest BCUT2D eigenvalue weighted by molar-refractivity contribution is -0.127. The van der Waals surface area contributed by atoms with Gasteiger partial charge in [0.1, 0.15) is 0 Å². The van der Waals surface area contributed by atoms with Crippen LogP contribution in [0.1, 0.15) is 39.0 Å². The average Bonchev–Trinajstić information content (AvgIpc) is 3.07. The third-order valence-corrected chi connectivity index (χ3v) is 4.20. The summed E-state index contributed by atoms with van der Waals surface area (Å²) in [6.07, 6.45) is 5.63. The van der Waals surface area contributed by atoms with Crippen molar-refractivity contribution in [3.63, 3.8) is 0 Å². The molecule has 1 aliphatic carbocycles. The van der Waals surface area contributed by atoms with Crippen LogP contribution in [0, 0.1) is 0 Å². The smallest absolute Gasteiger partial charge is 0.240 e. The minimum atomic E-state index is -0.280. The molecule has 1 amide bonds. The van der Waals surface area contributed by atoms with Crippen molar-refractivity contribution in [1.82, 2.24) is 15.5 Å². The van der Waals surface area contributed by atoms with E-state index in [1.54, 1.807) is 0 Å². The van der Waals surface area contributed by atoms with Crippen LogP contribution in [0.15, 0.2) is 0 Å². The summed E-state index contributed by atoms with van der Waals surface area (Å²) in [6.45, 7) is 4.81. The molecular formula is C13H25N3O. The number of amides is 1. The second kappa shape index (κ2) is 5.36. The van der Waals surface area contributed by atoms with Gasteiger partial charge in [0.25, 0.3) is 0 Å². The van der Waals surface area contributed by atoms with Gasteiger partial charge in [0.15, 0.2) is 0 Å². The van der Waals surface area contributed by atoms with Crippen molar-refractivity contribution in [1.29, 1.82) is 0 Å². The van der Waals surface area contributed by atoms with Gasteiger partial charge in [-0.15, -0.1) is 0 Å². The van der Waals surface area contributed by atoms with Gasteiger partial charge in [0.2, 0.25) is 5.91 Å². The van der Waals surface area contributed by atoms with E-state index in [-0.39, 0.29) is 11.4 Å². The molecule has 0 spiro atoms. The minimum absolute atomic E-state index is 0.196. The van der Waals surface area contributed by atoms with Crippen LogP contribution in [0.3, 0.4) is 0 Å². The number of likely N-dealkylation sites (N-methyl/N-ethyl adjacent to an activating group) is 1. The predicted octanol–water partition coefficient (Wildman–Crippen LogP) is 0.729. The van der Waals surface area contributed by atoms with Crippen LogP contribution in [0.4, 0.5) is 0 Å². The summed E-state index contributed by atoms with van der Waals surface area (Å²) in [6, 6.07) is 0.775. The van der Waals surface area contributed by atoms with Gasteiger partial charge >= 0.3 is 0 Å². The molecule has 4 nitrogen and oxygen atoms in total. The molecule has 2 fully saturated rings. The lowest BCUT2D eigenvalue weighted by Gasteiger charge is -2.27. The van der Waals surface area contributed by atoms with Gasteiger partial charge in [-0.05, 0) is 45.7 Å². The minimum Gasteiger partial charge on any atom is -0.353 e. The molecule has 1 saturated carbocycles. The normalized spacial score (nSPS) is 28.6. The highest BCUT2D eigenvalue weighted by atomic mass is 16.2. The quantitative estimate of drug-likeness (QED) is 0.718. The highest BCUT2D eigenvalue weighted by molar-refractivity contribution is 5.86. The van der Waals surface area contributed by atoms with Crippen LogP contribution in [-0.4, -0.2) is 49.1 Å². The second-order valence-electron chi connectivity index (χ2n) is 5.43. The molecule has 2 rings (SSSR count). The van der Waals surface area contributed by atoms with Gasteiger partial charge in [-0.25, -0.2) is 0 Å². The van der Waals surface area contributed by atoms with E-state index in [2.05, 4.69) is 29.5 Å². The summed E-state index contributed by atoms with van der Waals surface area (Å²) < 4.78 is 0. The maximum Gasteiger partial charge on any atom is 0.240 e. The van der Waals surface area contributed by atoms with E-state index in [4.69, 9.17) is 0 Å². The van der Waals surface area contributed by atoms with Gasteiger partial charge < -0.3 is 15.5 Å². The van der Waals surface area contributed by atoms with E-state index in [0.717, 1.165) is 44.9 Å². The largest absolute Gasteiger partial charge is 0.353 e. The zero-order valence-electron chi connectivity index (χ0n) is 11.1. The number of nitrogens with zero attached hydrogens (tertiary/aromatic N) is 1. The highest BCUT2D eigenvalue weighted by Gasteiger charge is 2.38. The zero-order valence-corrected chi connectivity index (χ0v) is 11.1. The molecule has 0 radical (unpaired) electrons. The van der Waals surface area contributed by atoms with Crippen LogP contribution in [-0.2, 0) is 4.79 Å². The van der Waals surface area contributed by atoms with E-state index < -0.39 is 0 Å². The number of nitrogens with one attached hydrogen (secondary N) is 2. The summed E-state index contributed by atoms with van der Waals surface area (Å²) in [5.41, 5.74) is -0.280. The molecule has 0 bridgehead atoms. The van der Waals surface area contributed by atoms with Crippen molar-refractivity contribution in [2.24, 2.45) is 0 Å². The highest BCUT2D eigenvalue weighted by Crippen LogP contribution is 2.25. The first-order valence-electron chi connectivity index (χ1n) is 6.91. The zero-order chi connectivity index (χ0) is 12.3. The lowest BCUT2D eigenvalue weighted by Crippen LogP contribution is -2.54. The van der Waals surface area contributed by atoms with Gasteiger partial charge in [0, 0.05) is 19.1 Å². The Balaban J connectivity index is 1.72. The molecule has 98 valence electrons. The molecule has 2 N–H and O–H groups in total. The number of carbonyl (C=O) groups excluding carboxylic acids is 1. The molecule has 0 aromatic carbocycles. The van der Waals surface area contributed by atoms with Gasteiger partial charge in [-0.2, -0.15) is 0 Å². The summed E-state index contributed by atoms with van der Waals surface area (Å²) in [5.74, 6) is 0.196. The van der Waals surface area contributed by atoms with E-state index in [1.165, 1.54) is 12.8 Å². The Kier molecular flexibility index (Phi) is 4.05. The third kappa shape index (κ3) is 2.99. The predicted molar refractivity (Wildman–Crippen MR) is 68.9 cm³/mol. The molecule has 0 aromatic rings. The number of hydrogen-bond acceptors (Lipinski definition) is 3. The van der Waals surface area contributed by atoms with Gasteiger partial charge in [-0.1, -0.05) is 6.92 Å². The van der Waals surface area contributed by atoms with Crippen molar-refractivity contribution < 1.29 is 4.79 Å². The van der Waals surface area contributed by atoms with E-state index in [1.807, 2.05) is 0 Å². The first kappa shape index (κ1) is 12.8. The maximum absolute atomic E-state index is 12.2. The third-order valence-electron chi connectivity index (χ3n) is 4.20. The SMILES string of the molecule is CCC1(C(=O)NCCN(C)C2CC2)CCCN1. The summed E-state index contributed by atoms with van der Waals surface area (Å²) in [7, 11) is 2.15. The fraction of sp³-hybridized carbons (Fsp3) is 0.923. The fourth-order valence-corrected chi connectivity index (χ4v) is 2.68. The van der Waals surface area contributed by atoms with Gasteiger partial charge in [0.05, 0.1) is 5.54 Å². The first-order valence-corrected chi connectivity index (χ1v) is 6.91. The van der Waals surface area contributed by atoms with Crippen LogP contribution < -0.4 is 10.6 Å². The molecule has 1 heterocycles. The molecule has 17 heavy (non-hydrogen) atoms. The van der Waals surface area contributed by atoms with E-state index in [9.17, 15) is 4.79 Å². The number of hydrogen-bond donors (Lipinski definition) is 2. The monoisotopic (exact) mass is 239 g/mol. The molecule has 1 atom stereocenters. The Bertz CT molecular complexity index is 270. The van der Waals surface area contributed by atoms with Crippen LogP contribution in [0.5, 0.6) is 0 Å². The molecule has 1 unspecified atom stereocenters. The molecule has 2 aliphatic rings. The van der Waals surface area contributed by atoms with E-state index >= 15 is 0 Å². The Morgan fingerprint density at radius 1 is 1.53 bits per heavy atom. The number of rotatable bonds is 6. The lowest BCUT2D eigenvalue weighted by atomic mass is 9.93. The molecule has 0 aromatic heterocycles. The Morgan fingerprint density at radius 2 is 2.29 bits per heavy atom. The van der Waals surface area contributed by atoms with Gasteiger partial charge in [-0.3, -0.25) is 4.79 Å². The molecular weight excluding hydrogens is 214 g/mol. The Hall–Kier alpha value is -0.610. The first-order chi connectivity index (χ1) is 8.18. The Morgan fingerprint density at radius 3 is 2.82 bits per heavy atom. The fourth-order valence-electron chi connectivity index (χ4n) is 2.68. The standard InChI is InChI=1S/C13H25N3O/c1-3-13(7-4-8-15-13)12(17)14-9-10-16(2)11-5-6-11/h11,15H,3-10H2,1-2H3,(H,14,17). The van der Waals surface area contributed by atoms with Crippen molar-refractivity contribution >= 4 is 5.91 Å². The van der Waals surface area contributed by atoms with Crippen LogP contribution in [0.2, 0.25) is 0 Å². The van der Waals surface area contributed by atoms with Crippen molar-refractivity contribution in [3.05, 3.63) is 0 Å². The Labute approximate surface area is 104 Å². The van der Waals surface area contributed by atoms with Crippen molar-refractivity contribution in [3.8, 4) is 0 Å². The van der Waals surface area contributed by atoms with Crippen molar-refractivity contribution in [2.75, 3.05) is 26.7 Å².